The van der Waals surface area contributed by atoms with E-state index in [9.17, 15) is 9.59 Å². The summed E-state index contributed by atoms with van der Waals surface area (Å²) in [6.07, 6.45) is 1.88. The number of halogens is 1. The second-order valence-electron chi connectivity index (χ2n) is 6.11. The van der Waals surface area contributed by atoms with Crippen molar-refractivity contribution >= 4 is 33.6 Å². The second-order valence-corrected chi connectivity index (χ2v) is 6.97. The number of hydrogen-bond acceptors (Lipinski definition) is 5. The topological polar surface area (TPSA) is 124 Å². The molecule has 1 aromatic heterocycles. The van der Waals surface area contributed by atoms with E-state index in [4.69, 9.17) is 11.5 Å². The average Bonchev–Trinajstić information content (AvgIpc) is 2.68. The number of nitrogens with zero attached hydrogens (tertiary/aromatic N) is 2. The first-order chi connectivity index (χ1) is 13.4. The molecular formula is C20H18BrN5O2. The van der Waals surface area contributed by atoms with E-state index in [1.165, 1.54) is 6.20 Å². The number of carbonyl (C=O) groups excluding carboxylic acids is 2. The molecule has 0 aliphatic carbocycles. The van der Waals surface area contributed by atoms with Crippen LogP contribution in [0.3, 0.4) is 0 Å². The number of carbonyl (C=O) groups is 2. The molecule has 0 radical (unpaired) electrons. The highest BCUT2D eigenvalue weighted by molar-refractivity contribution is 9.10. The molecule has 2 amide bonds. The first-order valence-electron chi connectivity index (χ1n) is 8.46. The summed E-state index contributed by atoms with van der Waals surface area (Å²) in [5.74, 6) is -0.915. The molecule has 28 heavy (non-hydrogen) atoms. The SMILES string of the molecule is NC(=O)c1nc(Cc2cccc(C(=O)NCc3ccccc3Br)c2)cnc1N. The molecule has 0 saturated heterocycles. The van der Waals surface area contributed by atoms with Gasteiger partial charge in [0.15, 0.2) is 11.5 Å². The zero-order chi connectivity index (χ0) is 20.1. The minimum Gasteiger partial charge on any atom is -0.382 e. The largest absolute Gasteiger partial charge is 0.382 e. The van der Waals surface area contributed by atoms with Crippen LogP contribution in [0.4, 0.5) is 5.82 Å². The third-order valence-electron chi connectivity index (χ3n) is 4.06. The van der Waals surface area contributed by atoms with E-state index < -0.39 is 5.91 Å². The molecule has 0 fully saturated rings. The van der Waals surface area contributed by atoms with Crippen molar-refractivity contribution in [1.29, 1.82) is 0 Å². The van der Waals surface area contributed by atoms with Gasteiger partial charge in [0.25, 0.3) is 11.8 Å². The molecule has 1 heterocycles. The third-order valence-corrected chi connectivity index (χ3v) is 4.83. The highest BCUT2D eigenvalue weighted by Crippen LogP contribution is 2.16. The number of nitrogens with two attached hydrogens (primary N) is 2. The van der Waals surface area contributed by atoms with Gasteiger partial charge in [0.05, 0.1) is 11.9 Å². The lowest BCUT2D eigenvalue weighted by molar-refractivity contribution is 0.0949. The molecule has 0 atom stereocenters. The molecule has 3 rings (SSSR count). The highest BCUT2D eigenvalue weighted by Gasteiger charge is 2.12. The number of nitrogens with one attached hydrogen (secondary N) is 1. The zero-order valence-electron chi connectivity index (χ0n) is 14.9. The summed E-state index contributed by atoms with van der Waals surface area (Å²) in [4.78, 5) is 32.0. The van der Waals surface area contributed by atoms with Crippen molar-refractivity contribution < 1.29 is 9.59 Å². The maximum absolute atomic E-state index is 12.5. The van der Waals surface area contributed by atoms with E-state index in [0.29, 0.717) is 24.2 Å². The van der Waals surface area contributed by atoms with Crippen molar-refractivity contribution in [3.05, 3.63) is 87.3 Å². The Morgan fingerprint density at radius 2 is 1.89 bits per heavy atom. The number of nitrogen functional groups attached to an aromatic ring is 1. The predicted molar refractivity (Wildman–Crippen MR) is 110 cm³/mol. The fraction of sp³-hybridized carbons (Fsp3) is 0.100. The average molecular weight is 440 g/mol. The Hall–Kier alpha value is -3.26. The van der Waals surface area contributed by atoms with Crippen LogP contribution in [0.25, 0.3) is 0 Å². The molecule has 142 valence electrons. The number of hydrogen-bond donors (Lipinski definition) is 3. The first-order valence-corrected chi connectivity index (χ1v) is 9.25. The number of primary amides is 1. The van der Waals surface area contributed by atoms with Gasteiger partial charge in [-0.15, -0.1) is 0 Å². The second kappa shape index (κ2) is 8.62. The predicted octanol–water partition coefficient (Wildman–Crippen LogP) is 2.44. The minimum atomic E-state index is -0.730. The summed E-state index contributed by atoms with van der Waals surface area (Å²) >= 11 is 3.47. The smallest absolute Gasteiger partial charge is 0.271 e. The molecular weight excluding hydrogens is 422 g/mol. The van der Waals surface area contributed by atoms with E-state index in [-0.39, 0.29) is 17.4 Å². The van der Waals surface area contributed by atoms with Crippen molar-refractivity contribution in [1.82, 2.24) is 15.3 Å². The van der Waals surface area contributed by atoms with Crippen molar-refractivity contribution in [2.75, 3.05) is 5.73 Å². The summed E-state index contributed by atoms with van der Waals surface area (Å²) in [6.45, 7) is 0.413. The van der Waals surface area contributed by atoms with Crippen LogP contribution >= 0.6 is 15.9 Å². The van der Waals surface area contributed by atoms with E-state index >= 15 is 0 Å². The molecule has 2 aromatic carbocycles. The van der Waals surface area contributed by atoms with Gasteiger partial charge in [-0.25, -0.2) is 9.97 Å². The van der Waals surface area contributed by atoms with Crippen LogP contribution in [-0.4, -0.2) is 21.8 Å². The van der Waals surface area contributed by atoms with Gasteiger partial charge in [0, 0.05) is 23.0 Å². The van der Waals surface area contributed by atoms with E-state index in [1.807, 2.05) is 30.3 Å². The highest BCUT2D eigenvalue weighted by atomic mass is 79.9. The quantitative estimate of drug-likeness (QED) is 0.543. The molecule has 0 spiro atoms. The zero-order valence-corrected chi connectivity index (χ0v) is 16.4. The molecule has 0 saturated carbocycles. The number of rotatable bonds is 6. The fourth-order valence-corrected chi connectivity index (χ4v) is 3.08. The summed E-state index contributed by atoms with van der Waals surface area (Å²) < 4.78 is 0.941. The van der Waals surface area contributed by atoms with Crippen LogP contribution in [0.1, 0.15) is 37.7 Å². The van der Waals surface area contributed by atoms with E-state index in [2.05, 4.69) is 31.2 Å². The van der Waals surface area contributed by atoms with Gasteiger partial charge >= 0.3 is 0 Å². The Morgan fingerprint density at radius 1 is 1.11 bits per heavy atom. The maximum Gasteiger partial charge on any atom is 0.271 e. The molecule has 8 heteroatoms. The molecule has 0 unspecified atom stereocenters. The Bertz CT molecular complexity index is 1040. The summed E-state index contributed by atoms with van der Waals surface area (Å²) in [5.41, 5.74) is 13.7. The maximum atomic E-state index is 12.5. The van der Waals surface area contributed by atoms with Gasteiger partial charge in [0.2, 0.25) is 0 Å². The molecule has 0 aliphatic rings. The van der Waals surface area contributed by atoms with Crippen molar-refractivity contribution in [2.24, 2.45) is 5.73 Å². The van der Waals surface area contributed by atoms with Gasteiger partial charge in [0.1, 0.15) is 0 Å². The minimum absolute atomic E-state index is 0.00329. The van der Waals surface area contributed by atoms with E-state index in [1.54, 1.807) is 18.2 Å². The monoisotopic (exact) mass is 439 g/mol. The normalized spacial score (nSPS) is 10.5. The number of aromatic nitrogens is 2. The summed E-state index contributed by atoms with van der Waals surface area (Å²) in [5, 5.41) is 2.90. The van der Waals surface area contributed by atoms with Crippen molar-refractivity contribution in [2.45, 2.75) is 13.0 Å². The lowest BCUT2D eigenvalue weighted by Crippen LogP contribution is -2.23. The lowest BCUT2D eigenvalue weighted by atomic mass is 10.1. The molecule has 7 nitrogen and oxygen atoms in total. The lowest BCUT2D eigenvalue weighted by Gasteiger charge is -2.09. The van der Waals surface area contributed by atoms with Crippen LogP contribution in [0, 0.1) is 0 Å². The Labute approximate surface area is 170 Å². The van der Waals surface area contributed by atoms with Crippen LogP contribution in [0.5, 0.6) is 0 Å². The standard InChI is InChI=1S/C20H18BrN5O2/c21-16-7-2-1-5-14(16)10-25-20(28)13-6-3-4-12(8-13)9-15-11-24-18(22)17(26-15)19(23)27/h1-8,11H,9-10H2,(H2,22,24)(H2,23,27)(H,25,28). The summed E-state index contributed by atoms with van der Waals surface area (Å²) in [7, 11) is 0. The number of anilines is 1. The number of amides is 2. The molecule has 3 aromatic rings. The van der Waals surface area contributed by atoms with Gasteiger partial charge < -0.3 is 16.8 Å². The van der Waals surface area contributed by atoms with Gasteiger partial charge in [-0.05, 0) is 29.3 Å². The van der Waals surface area contributed by atoms with Crippen LogP contribution in [0.15, 0.2) is 59.2 Å². The van der Waals surface area contributed by atoms with Gasteiger partial charge in [-0.1, -0.05) is 46.3 Å². The van der Waals surface area contributed by atoms with Gasteiger partial charge in [-0.2, -0.15) is 0 Å². The first kappa shape index (κ1) is 19.5. The fourth-order valence-electron chi connectivity index (χ4n) is 2.65. The Kier molecular flexibility index (Phi) is 6.00. The number of benzene rings is 2. The van der Waals surface area contributed by atoms with Crippen molar-refractivity contribution in [3.63, 3.8) is 0 Å². The third kappa shape index (κ3) is 4.72. The Balaban J connectivity index is 1.72. The molecule has 0 bridgehead atoms. The Morgan fingerprint density at radius 3 is 2.64 bits per heavy atom. The van der Waals surface area contributed by atoms with E-state index in [0.717, 1.165) is 15.6 Å². The summed E-state index contributed by atoms with van der Waals surface area (Å²) in [6, 6.07) is 14.9. The molecule has 5 N–H and O–H groups in total. The molecule has 0 aliphatic heterocycles. The van der Waals surface area contributed by atoms with Crippen LogP contribution < -0.4 is 16.8 Å². The van der Waals surface area contributed by atoms with Gasteiger partial charge in [-0.3, -0.25) is 9.59 Å². The van der Waals surface area contributed by atoms with Crippen molar-refractivity contribution in [3.8, 4) is 0 Å². The van der Waals surface area contributed by atoms with Crippen LogP contribution in [-0.2, 0) is 13.0 Å². The van der Waals surface area contributed by atoms with Crippen LogP contribution in [0.2, 0.25) is 0 Å².